The number of rotatable bonds is 7. The zero-order chi connectivity index (χ0) is 25.2. The molecule has 2 atom stereocenters. The van der Waals surface area contributed by atoms with Gasteiger partial charge in [-0.1, -0.05) is 23.7 Å². The van der Waals surface area contributed by atoms with Crippen molar-refractivity contribution in [3.63, 3.8) is 0 Å². The number of hydrogen-bond donors (Lipinski definition) is 2. The second-order valence-corrected chi connectivity index (χ2v) is 11.0. The summed E-state index contributed by atoms with van der Waals surface area (Å²) in [5.74, 6) is -0.0410. The Labute approximate surface area is 221 Å². The average molecular weight is 559 g/mol. The fourth-order valence-corrected chi connectivity index (χ4v) is 5.44. The molecule has 2 fully saturated rings. The smallest absolute Gasteiger partial charge is 0.247 e. The molecule has 4 rings (SSSR count). The van der Waals surface area contributed by atoms with Crippen LogP contribution in [-0.2, 0) is 21.4 Å². The first-order valence-corrected chi connectivity index (χ1v) is 13.4. The van der Waals surface area contributed by atoms with Crippen LogP contribution in [0, 0.1) is 5.82 Å². The van der Waals surface area contributed by atoms with Gasteiger partial charge in [0.15, 0.2) is 0 Å². The predicted molar refractivity (Wildman–Crippen MR) is 142 cm³/mol. The van der Waals surface area contributed by atoms with Crippen LogP contribution in [0.5, 0.6) is 5.75 Å². The zero-order valence-corrected chi connectivity index (χ0v) is 22.3. The Kier molecular flexibility index (Phi) is 9.23. The summed E-state index contributed by atoms with van der Waals surface area (Å²) < 4.78 is 44.5. The van der Waals surface area contributed by atoms with Crippen LogP contribution in [0.2, 0.25) is 5.02 Å². The molecule has 8 nitrogen and oxygen atoms in total. The molecule has 2 saturated heterocycles. The maximum atomic E-state index is 13.3. The number of benzene rings is 2. The van der Waals surface area contributed by atoms with Gasteiger partial charge in [-0.05, 0) is 35.9 Å². The first-order valence-electron chi connectivity index (χ1n) is 11.2. The molecule has 2 unspecified atom stereocenters. The molecule has 1 amide bonds. The van der Waals surface area contributed by atoms with Gasteiger partial charge in [0.2, 0.25) is 15.9 Å². The van der Waals surface area contributed by atoms with Crippen LogP contribution in [0.4, 0.5) is 10.1 Å². The minimum absolute atomic E-state index is 0. The van der Waals surface area contributed by atoms with Gasteiger partial charge in [0, 0.05) is 44.4 Å². The summed E-state index contributed by atoms with van der Waals surface area (Å²) in [6.45, 7) is 3.42. The van der Waals surface area contributed by atoms with Crippen molar-refractivity contribution in [3.8, 4) is 5.75 Å². The molecule has 0 spiro atoms. The molecule has 36 heavy (non-hydrogen) atoms. The van der Waals surface area contributed by atoms with Gasteiger partial charge in [-0.25, -0.2) is 12.8 Å². The van der Waals surface area contributed by atoms with E-state index in [1.807, 2.05) is 4.90 Å². The molecule has 0 aliphatic carbocycles. The van der Waals surface area contributed by atoms with Gasteiger partial charge >= 0.3 is 0 Å². The fraction of sp³-hybridized carbons (Fsp3) is 0.375. The van der Waals surface area contributed by atoms with Crippen molar-refractivity contribution in [2.45, 2.75) is 18.6 Å². The number of anilines is 1. The second kappa shape index (κ2) is 11.8. The molecule has 2 N–H and O–H groups in total. The topological polar surface area (TPSA) is 91.0 Å². The summed E-state index contributed by atoms with van der Waals surface area (Å²) in [7, 11) is -2.09. The van der Waals surface area contributed by atoms with Gasteiger partial charge in [-0.3, -0.25) is 14.4 Å². The van der Waals surface area contributed by atoms with Gasteiger partial charge in [-0.15, -0.1) is 12.4 Å². The quantitative estimate of drug-likeness (QED) is 0.508. The molecule has 0 saturated carbocycles. The van der Waals surface area contributed by atoms with Gasteiger partial charge in [0.05, 0.1) is 36.2 Å². The lowest BCUT2D eigenvalue weighted by Crippen LogP contribution is -2.68. The van der Waals surface area contributed by atoms with E-state index < -0.39 is 10.0 Å². The number of carbonyl (C=O) groups excluding carboxylic acids is 1. The Morgan fingerprint density at radius 1 is 1.22 bits per heavy atom. The highest BCUT2D eigenvalue weighted by molar-refractivity contribution is 7.92. The number of halogens is 3. The molecule has 196 valence electrons. The van der Waals surface area contributed by atoms with E-state index in [0.717, 1.165) is 11.8 Å². The van der Waals surface area contributed by atoms with E-state index in [2.05, 4.69) is 14.9 Å². The van der Waals surface area contributed by atoms with Gasteiger partial charge < -0.3 is 15.0 Å². The highest BCUT2D eigenvalue weighted by Crippen LogP contribution is 2.32. The van der Waals surface area contributed by atoms with Crippen molar-refractivity contribution < 1.29 is 22.3 Å². The van der Waals surface area contributed by atoms with Crippen LogP contribution < -0.4 is 14.8 Å². The third-order valence-electron chi connectivity index (χ3n) is 6.08. The number of carbonyl (C=O) groups is 1. The lowest BCUT2D eigenvalue weighted by Gasteiger charge is -2.50. The van der Waals surface area contributed by atoms with E-state index in [1.54, 1.807) is 24.3 Å². The monoisotopic (exact) mass is 558 g/mol. The Bertz CT molecular complexity index is 1210. The Morgan fingerprint density at radius 2 is 1.86 bits per heavy atom. The Morgan fingerprint density at radius 3 is 2.44 bits per heavy atom. The van der Waals surface area contributed by atoms with Crippen molar-refractivity contribution >= 4 is 51.7 Å². The van der Waals surface area contributed by atoms with Crippen LogP contribution in [0.25, 0.3) is 6.08 Å². The van der Waals surface area contributed by atoms with Crippen LogP contribution in [0.1, 0.15) is 11.1 Å². The number of hydrogen-bond acceptors (Lipinski definition) is 6. The molecular formula is C24H29Cl2FN4O4S. The van der Waals surface area contributed by atoms with Crippen molar-refractivity contribution in [2.24, 2.45) is 0 Å². The molecule has 2 bridgehead atoms. The highest BCUT2D eigenvalue weighted by atomic mass is 35.5. The number of amides is 1. The molecule has 2 aliphatic heterocycles. The number of sulfonamides is 1. The highest BCUT2D eigenvalue weighted by Gasteiger charge is 2.39. The number of nitrogens with zero attached hydrogens (tertiary/aromatic N) is 2. The lowest BCUT2D eigenvalue weighted by molar-refractivity contribution is -0.136. The van der Waals surface area contributed by atoms with Crippen molar-refractivity contribution in [1.29, 1.82) is 0 Å². The van der Waals surface area contributed by atoms with E-state index in [9.17, 15) is 17.6 Å². The van der Waals surface area contributed by atoms with Gasteiger partial charge in [0.25, 0.3) is 0 Å². The fourth-order valence-electron chi connectivity index (χ4n) is 4.62. The van der Waals surface area contributed by atoms with E-state index >= 15 is 0 Å². The zero-order valence-electron chi connectivity index (χ0n) is 19.9. The second-order valence-electron chi connectivity index (χ2n) is 8.81. The van der Waals surface area contributed by atoms with Crippen molar-refractivity contribution in [3.05, 3.63) is 64.4 Å². The summed E-state index contributed by atoms with van der Waals surface area (Å²) in [6, 6.07) is 9.49. The molecule has 2 aromatic rings. The van der Waals surface area contributed by atoms with Gasteiger partial charge in [0.1, 0.15) is 11.6 Å². The molecule has 0 radical (unpaired) electrons. The average Bonchev–Trinajstić information content (AvgIpc) is 2.78. The summed E-state index contributed by atoms with van der Waals surface area (Å²) >= 11 is 6.17. The number of piperazine rings is 2. The van der Waals surface area contributed by atoms with Crippen LogP contribution >= 0.6 is 24.0 Å². The van der Waals surface area contributed by atoms with E-state index in [0.29, 0.717) is 44.0 Å². The van der Waals surface area contributed by atoms with E-state index in [-0.39, 0.29) is 46.9 Å². The van der Waals surface area contributed by atoms with Crippen LogP contribution in [0.3, 0.4) is 0 Å². The summed E-state index contributed by atoms with van der Waals surface area (Å²) in [5.41, 5.74) is 1.75. The predicted octanol–water partition coefficient (Wildman–Crippen LogP) is 2.98. The van der Waals surface area contributed by atoms with Crippen LogP contribution in [0.15, 0.2) is 42.5 Å². The normalized spacial score (nSPS) is 20.2. The minimum atomic E-state index is -3.56. The summed E-state index contributed by atoms with van der Waals surface area (Å²) in [5, 5.41) is 3.64. The number of ether oxygens (including phenoxy) is 1. The third kappa shape index (κ3) is 6.89. The Balaban J connectivity index is 0.00000361. The van der Waals surface area contributed by atoms with E-state index in [4.69, 9.17) is 16.3 Å². The third-order valence-corrected chi connectivity index (χ3v) is 6.97. The standard InChI is InChI=1S/C24H28ClFN4O4S.ClH/c1-34-23-9-17(22(10-21(23)25)28-35(2,32)33)5-8-24(31)30-19-11-27-12-20(30)15-29(14-19)13-16-3-6-18(26)7-4-16;/h3-10,19-20,27-28H,11-15H2,1-2H3;1H. The molecule has 2 heterocycles. The molecule has 2 aromatic carbocycles. The van der Waals surface area contributed by atoms with Gasteiger partial charge in [-0.2, -0.15) is 0 Å². The van der Waals surface area contributed by atoms with Crippen molar-refractivity contribution in [2.75, 3.05) is 44.3 Å². The van der Waals surface area contributed by atoms with Crippen LogP contribution in [-0.4, -0.2) is 75.8 Å². The first-order chi connectivity index (χ1) is 16.6. The molecule has 0 aromatic heterocycles. The number of fused-ring (bicyclic) bond motifs is 2. The maximum Gasteiger partial charge on any atom is 0.247 e. The molecular weight excluding hydrogens is 530 g/mol. The maximum absolute atomic E-state index is 13.3. The summed E-state index contributed by atoms with van der Waals surface area (Å²) in [6.07, 6.45) is 4.07. The number of methoxy groups -OCH3 is 1. The minimum Gasteiger partial charge on any atom is -0.495 e. The molecule has 2 aliphatic rings. The Hall–Kier alpha value is -2.37. The summed E-state index contributed by atoms with van der Waals surface area (Å²) in [4.78, 5) is 17.4. The van der Waals surface area contributed by atoms with E-state index in [1.165, 1.54) is 31.4 Å². The number of nitrogens with one attached hydrogen (secondary N) is 2. The first kappa shape index (κ1) is 28.2. The SMILES string of the molecule is COc1cc(C=CC(=O)N2C3CNCC2CN(Cc2ccc(F)cc2)C3)c(NS(C)(=O)=O)cc1Cl.Cl. The lowest BCUT2D eigenvalue weighted by atomic mass is 10.0. The molecule has 12 heteroatoms. The van der Waals surface area contributed by atoms with Crippen molar-refractivity contribution in [1.82, 2.24) is 15.1 Å². The largest absolute Gasteiger partial charge is 0.495 e.